The van der Waals surface area contributed by atoms with Gasteiger partial charge in [-0.25, -0.2) is 21.9 Å². The molecule has 0 radical (unpaired) electrons. The van der Waals surface area contributed by atoms with Gasteiger partial charge in [0.15, 0.2) is 0 Å². The summed E-state index contributed by atoms with van der Waals surface area (Å²) in [5.74, 6) is -1.19. The van der Waals surface area contributed by atoms with Gasteiger partial charge in [-0.05, 0) is 48.9 Å². The summed E-state index contributed by atoms with van der Waals surface area (Å²) >= 11 is 0. The molecule has 0 aliphatic rings. The van der Waals surface area contributed by atoms with E-state index < -0.39 is 21.7 Å². The van der Waals surface area contributed by atoms with Crippen LogP contribution in [0.15, 0.2) is 47.6 Å². The number of aromatic amines is 1. The van der Waals surface area contributed by atoms with Gasteiger partial charge >= 0.3 is 0 Å². The van der Waals surface area contributed by atoms with E-state index in [0.717, 1.165) is 34.7 Å². The van der Waals surface area contributed by atoms with Gasteiger partial charge in [0.1, 0.15) is 11.6 Å². The third-order valence-corrected chi connectivity index (χ3v) is 5.58. The fraction of sp³-hybridized carbons (Fsp3) is 0.211. The van der Waals surface area contributed by atoms with E-state index in [2.05, 4.69) is 20.0 Å². The molecule has 3 rings (SSSR count). The average Bonchev–Trinajstić information content (AvgIpc) is 3.06. The van der Waals surface area contributed by atoms with Crippen LogP contribution in [0.1, 0.15) is 11.1 Å². The number of aromatic nitrogens is 1. The minimum Gasteiger partial charge on any atom is -0.361 e. The molecule has 3 aromatic rings. The Kier molecular flexibility index (Phi) is 6.05. The number of rotatable bonds is 8. The number of anilines is 1. The molecule has 0 atom stereocenters. The third-order valence-electron chi connectivity index (χ3n) is 4.25. The van der Waals surface area contributed by atoms with E-state index >= 15 is 0 Å². The third kappa shape index (κ3) is 4.93. The Morgan fingerprint density at radius 2 is 2.00 bits per heavy atom. The lowest BCUT2D eigenvalue weighted by molar-refractivity contribution is 0.587. The molecule has 148 valence electrons. The van der Waals surface area contributed by atoms with Crippen LogP contribution in [-0.2, 0) is 22.2 Å². The molecule has 28 heavy (non-hydrogen) atoms. The van der Waals surface area contributed by atoms with Crippen LogP contribution in [-0.4, -0.2) is 33.3 Å². The smallest absolute Gasteiger partial charge is 0.215 e. The Morgan fingerprint density at radius 1 is 1.18 bits per heavy atom. The van der Waals surface area contributed by atoms with E-state index in [1.165, 1.54) is 13.4 Å². The second-order valence-corrected chi connectivity index (χ2v) is 8.14. The largest absolute Gasteiger partial charge is 0.361 e. The second-order valence-electron chi connectivity index (χ2n) is 6.21. The average molecular weight is 406 g/mol. The maximum absolute atomic E-state index is 13.5. The summed E-state index contributed by atoms with van der Waals surface area (Å²) in [5, 5.41) is 3.56. The van der Waals surface area contributed by atoms with Crippen molar-refractivity contribution >= 4 is 33.0 Å². The van der Waals surface area contributed by atoms with E-state index in [4.69, 9.17) is 0 Å². The van der Waals surface area contributed by atoms with E-state index in [9.17, 15) is 17.2 Å². The quantitative estimate of drug-likeness (QED) is 0.397. The number of fused-ring (bicyclic) bond motifs is 1. The zero-order chi connectivity index (χ0) is 20.1. The van der Waals surface area contributed by atoms with Crippen molar-refractivity contribution in [1.82, 2.24) is 9.71 Å². The highest BCUT2D eigenvalue weighted by atomic mass is 32.2. The lowest BCUT2D eigenvalue weighted by Gasteiger charge is -2.04. The monoisotopic (exact) mass is 406 g/mol. The molecule has 0 saturated carbocycles. The Balaban J connectivity index is 1.65. The standard InChI is InChI=1S/C19H20F2N4O2S/c1-22-28(26,27)11-13-2-5-18-16(8-13)14(10-24-18)6-7-23-12-25-19-9-15(20)3-4-17(19)21/h2-5,8-10,12,22,24H,6-7,11H2,1H3,(H,23,25). The summed E-state index contributed by atoms with van der Waals surface area (Å²) in [5.41, 5.74) is 2.61. The minimum absolute atomic E-state index is 0.0197. The Labute approximate surface area is 161 Å². The highest BCUT2D eigenvalue weighted by molar-refractivity contribution is 7.88. The maximum Gasteiger partial charge on any atom is 0.215 e. The van der Waals surface area contributed by atoms with Crippen LogP contribution in [0.5, 0.6) is 0 Å². The molecule has 0 aliphatic heterocycles. The number of aliphatic imine (C=N–C) groups is 1. The predicted molar refractivity (Wildman–Crippen MR) is 107 cm³/mol. The van der Waals surface area contributed by atoms with Gasteiger partial charge in [-0.3, -0.25) is 4.99 Å². The highest BCUT2D eigenvalue weighted by Gasteiger charge is 2.11. The fourth-order valence-corrected chi connectivity index (χ4v) is 3.55. The molecule has 6 nitrogen and oxygen atoms in total. The van der Waals surface area contributed by atoms with Gasteiger partial charge in [0, 0.05) is 29.7 Å². The number of benzene rings is 2. The van der Waals surface area contributed by atoms with Gasteiger partial charge in [0.25, 0.3) is 0 Å². The fourth-order valence-electron chi connectivity index (χ4n) is 2.79. The van der Waals surface area contributed by atoms with Crippen molar-refractivity contribution in [3.63, 3.8) is 0 Å². The first-order valence-corrected chi connectivity index (χ1v) is 10.2. The summed E-state index contributed by atoms with van der Waals surface area (Å²) in [6.07, 6.45) is 3.79. The van der Waals surface area contributed by atoms with Crippen molar-refractivity contribution in [3.8, 4) is 0 Å². The minimum atomic E-state index is -3.34. The molecule has 0 aliphatic carbocycles. The van der Waals surface area contributed by atoms with Gasteiger partial charge in [-0.15, -0.1) is 0 Å². The van der Waals surface area contributed by atoms with Crippen molar-refractivity contribution in [3.05, 3.63) is 65.4 Å². The Morgan fingerprint density at radius 3 is 2.79 bits per heavy atom. The number of sulfonamides is 1. The molecular formula is C19H20F2N4O2S. The normalized spacial score (nSPS) is 12.1. The topological polar surface area (TPSA) is 86.3 Å². The van der Waals surface area contributed by atoms with Crippen LogP contribution in [0.25, 0.3) is 10.9 Å². The van der Waals surface area contributed by atoms with E-state index in [1.54, 1.807) is 6.07 Å². The molecule has 0 fully saturated rings. The summed E-state index contributed by atoms with van der Waals surface area (Å²) in [6.45, 7) is 0.427. The van der Waals surface area contributed by atoms with Crippen molar-refractivity contribution in [2.75, 3.05) is 18.9 Å². The Bertz CT molecular complexity index is 1110. The molecule has 9 heteroatoms. The predicted octanol–water partition coefficient (Wildman–Crippen LogP) is 3.18. The SMILES string of the molecule is CNS(=O)(=O)Cc1ccc2[nH]cc(CCN=CNc3cc(F)ccc3F)c2c1. The first-order valence-electron chi connectivity index (χ1n) is 8.58. The lowest BCUT2D eigenvalue weighted by Crippen LogP contribution is -2.20. The second kappa shape index (κ2) is 8.49. The molecule has 0 unspecified atom stereocenters. The van der Waals surface area contributed by atoms with Crippen LogP contribution >= 0.6 is 0 Å². The molecule has 1 aromatic heterocycles. The van der Waals surface area contributed by atoms with Crippen molar-refractivity contribution in [1.29, 1.82) is 0 Å². The first kappa shape index (κ1) is 20.0. The summed E-state index contributed by atoms with van der Waals surface area (Å²) in [4.78, 5) is 7.32. The maximum atomic E-state index is 13.5. The van der Waals surface area contributed by atoms with Gasteiger partial charge < -0.3 is 10.3 Å². The van der Waals surface area contributed by atoms with Crippen LogP contribution in [0.3, 0.4) is 0 Å². The molecular weight excluding hydrogens is 386 g/mol. The summed E-state index contributed by atoms with van der Waals surface area (Å²) in [6, 6.07) is 8.61. The van der Waals surface area contributed by atoms with Crippen LogP contribution < -0.4 is 10.0 Å². The van der Waals surface area contributed by atoms with E-state index in [0.29, 0.717) is 18.5 Å². The van der Waals surface area contributed by atoms with E-state index in [1.807, 2.05) is 18.3 Å². The number of nitrogens with zero attached hydrogens (tertiary/aromatic N) is 1. The number of nitrogens with one attached hydrogen (secondary N) is 3. The van der Waals surface area contributed by atoms with Crippen LogP contribution in [0.4, 0.5) is 14.5 Å². The van der Waals surface area contributed by atoms with Crippen molar-refractivity contribution < 1.29 is 17.2 Å². The molecule has 1 heterocycles. The van der Waals surface area contributed by atoms with Crippen LogP contribution in [0, 0.1) is 11.6 Å². The van der Waals surface area contributed by atoms with Crippen molar-refractivity contribution in [2.24, 2.45) is 4.99 Å². The first-order chi connectivity index (χ1) is 13.4. The molecule has 3 N–H and O–H groups in total. The summed E-state index contributed by atoms with van der Waals surface area (Å²) in [7, 11) is -1.96. The molecule has 0 bridgehead atoms. The van der Waals surface area contributed by atoms with Crippen molar-refractivity contribution in [2.45, 2.75) is 12.2 Å². The zero-order valence-corrected chi connectivity index (χ0v) is 16.0. The lowest BCUT2D eigenvalue weighted by atomic mass is 10.1. The number of halogens is 2. The number of H-pyrrole nitrogens is 1. The summed E-state index contributed by atoms with van der Waals surface area (Å²) < 4.78 is 52.4. The Hall–Kier alpha value is -2.78. The van der Waals surface area contributed by atoms with Gasteiger partial charge in [0.2, 0.25) is 10.0 Å². The number of hydrogen-bond acceptors (Lipinski definition) is 3. The zero-order valence-electron chi connectivity index (χ0n) is 15.2. The molecule has 0 amide bonds. The van der Waals surface area contributed by atoms with Crippen LogP contribution in [0.2, 0.25) is 0 Å². The van der Waals surface area contributed by atoms with E-state index in [-0.39, 0.29) is 11.4 Å². The number of hydrogen-bond donors (Lipinski definition) is 3. The van der Waals surface area contributed by atoms with Gasteiger partial charge in [-0.2, -0.15) is 0 Å². The molecule has 2 aromatic carbocycles. The molecule has 0 spiro atoms. The van der Waals surface area contributed by atoms with Gasteiger partial charge in [-0.1, -0.05) is 6.07 Å². The van der Waals surface area contributed by atoms with Gasteiger partial charge in [0.05, 0.1) is 17.8 Å². The molecule has 0 saturated heterocycles. The highest BCUT2D eigenvalue weighted by Crippen LogP contribution is 2.21.